The Hall–Kier alpha value is -2.68. The molecule has 110 valence electrons. The van der Waals surface area contributed by atoms with Gasteiger partial charge in [-0.2, -0.15) is 10.5 Å². The van der Waals surface area contributed by atoms with Crippen molar-refractivity contribution in [3.8, 4) is 12.1 Å². The summed E-state index contributed by atoms with van der Waals surface area (Å²) in [7, 11) is -4.18. The minimum absolute atomic E-state index is 0.0330. The van der Waals surface area contributed by atoms with Crippen LogP contribution in [0.5, 0.6) is 0 Å². The molecule has 6 nitrogen and oxygen atoms in total. The highest BCUT2D eigenvalue weighted by molar-refractivity contribution is 7.92. The Bertz CT molecular complexity index is 915. The lowest BCUT2D eigenvalue weighted by molar-refractivity contribution is 0.598. The number of nitriles is 2. The molecular weight excluding hydrogens is 331 g/mol. The summed E-state index contributed by atoms with van der Waals surface area (Å²) in [5.74, 6) is -1.05. The molecule has 0 atom stereocenters. The molecular formula is C13H6ClFN4O2S. The van der Waals surface area contributed by atoms with E-state index in [0.29, 0.717) is 0 Å². The van der Waals surface area contributed by atoms with Crippen molar-refractivity contribution in [1.29, 1.82) is 10.5 Å². The molecule has 1 aromatic heterocycles. The summed E-state index contributed by atoms with van der Waals surface area (Å²) in [6.07, 6.45) is 0.954. The zero-order chi connectivity index (χ0) is 16.3. The maximum absolute atomic E-state index is 13.9. The van der Waals surface area contributed by atoms with Crippen molar-refractivity contribution < 1.29 is 12.8 Å². The first-order valence-corrected chi connectivity index (χ1v) is 7.52. The largest absolute Gasteiger partial charge is 0.275 e. The molecule has 1 N–H and O–H groups in total. The van der Waals surface area contributed by atoms with Gasteiger partial charge < -0.3 is 0 Å². The molecule has 0 saturated heterocycles. The number of anilines is 1. The van der Waals surface area contributed by atoms with E-state index >= 15 is 0 Å². The molecule has 1 aromatic carbocycles. The van der Waals surface area contributed by atoms with E-state index in [1.54, 1.807) is 12.1 Å². The van der Waals surface area contributed by atoms with Crippen molar-refractivity contribution in [3.63, 3.8) is 0 Å². The second-order valence-electron chi connectivity index (χ2n) is 3.99. The van der Waals surface area contributed by atoms with E-state index in [4.69, 9.17) is 22.1 Å². The Morgan fingerprint density at radius 1 is 1.18 bits per heavy atom. The maximum atomic E-state index is 13.9. The van der Waals surface area contributed by atoms with Gasteiger partial charge in [-0.05, 0) is 24.3 Å². The third-order valence-electron chi connectivity index (χ3n) is 2.61. The first-order chi connectivity index (χ1) is 10.4. The van der Waals surface area contributed by atoms with E-state index in [0.717, 1.165) is 18.3 Å². The lowest BCUT2D eigenvalue weighted by atomic mass is 10.2. The van der Waals surface area contributed by atoms with E-state index < -0.39 is 21.5 Å². The van der Waals surface area contributed by atoms with Crippen molar-refractivity contribution in [1.82, 2.24) is 4.98 Å². The second kappa shape index (κ2) is 5.98. The predicted molar refractivity (Wildman–Crippen MR) is 75.9 cm³/mol. The van der Waals surface area contributed by atoms with Gasteiger partial charge in [-0.1, -0.05) is 11.6 Å². The van der Waals surface area contributed by atoms with Gasteiger partial charge in [-0.3, -0.25) is 4.72 Å². The van der Waals surface area contributed by atoms with E-state index in [9.17, 15) is 12.8 Å². The van der Waals surface area contributed by atoms with Gasteiger partial charge in [0.15, 0.2) is 5.82 Å². The Morgan fingerprint density at radius 2 is 1.91 bits per heavy atom. The highest BCUT2D eigenvalue weighted by atomic mass is 35.5. The summed E-state index contributed by atoms with van der Waals surface area (Å²) in [4.78, 5) is 3.34. The molecule has 1 heterocycles. The van der Waals surface area contributed by atoms with E-state index in [2.05, 4.69) is 4.98 Å². The van der Waals surface area contributed by atoms with Crippen LogP contribution in [0.3, 0.4) is 0 Å². The first kappa shape index (κ1) is 15.7. The monoisotopic (exact) mass is 336 g/mol. The lowest BCUT2D eigenvalue weighted by Gasteiger charge is -2.11. The van der Waals surface area contributed by atoms with Crippen molar-refractivity contribution in [2.75, 3.05) is 4.72 Å². The Kier molecular flexibility index (Phi) is 4.27. The molecule has 0 bridgehead atoms. The van der Waals surface area contributed by atoms with E-state index in [1.165, 1.54) is 12.1 Å². The summed E-state index contributed by atoms with van der Waals surface area (Å²) in [5.41, 5.74) is -0.725. The number of hydrogen-bond donors (Lipinski definition) is 1. The van der Waals surface area contributed by atoms with Gasteiger partial charge in [0.25, 0.3) is 10.0 Å². The van der Waals surface area contributed by atoms with Crippen LogP contribution in [0.1, 0.15) is 11.3 Å². The van der Waals surface area contributed by atoms with Gasteiger partial charge in [0.2, 0.25) is 0 Å². The van der Waals surface area contributed by atoms with Crippen LogP contribution in [0, 0.1) is 28.5 Å². The lowest BCUT2D eigenvalue weighted by Crippen LogP contribution is -2.15. The van der Waals surface area contributed by atoms with Gasteiger partial charge in [-0.15, -0.1) is 0 Å². The van der Waals surface area contributed by atoms with Gasteiger partial charge in [0.05, 0.1) is 10.6 Å². The Labute approximate surface area is 130 Å². The minimum atomic E-state index is -4.18. The molecule has 0 aliphatic carbocycles. The standard InChI is InChI=1S/C13H6ClFN4O2S/c14-11-4-1-8(5-16)13(12(11)15)19-22(20,21)10-3-2-9(6-17)18-7-10/h1-4,7,19H. The molecule has 2 rings (SSSR count). The van der Waals surface area contributed by atoms with Crippen LogP contribution < -0.4 is 4.72 Å². The molecule has 9 heteroatoms. The zero-order valence-electron chi connectivity index (χ0n) is 10.7. The van der Waals surface area contributed by atoms with Crippen LogP contribution in [0.2, 0.25) is 5.02 Å². The SMILES string of the molecule is N#Cc1ccc(S(=O)(=O)Nc2c(C#N)ccc(Cl)c2F)cn1. The number of nitrogens with one attached hydrogen (secondary N) is 1. The van der Waals surface area contributed by atoms with E-state index in [-0.39, 0.29) is 21.2 Å². The summed E-state index contributed by atoms with van der Waals surface area (Å²) < 4.78 is 40.3. The number of halogens is 2. The third kappa shape index (κ3) is 2.98. The maximum Gasteiger partial charge on any atom is 0.263 e. The van der Waals surface area contributed by atoms with Crippen LogP contribution >= 0.6 is 11.6 Å². The molecule has 0 unspecified atom stereocenters. The fourth-order valence-electron chi connectivity index (χ4n) is 1.54. The molecule has 0 aliphatic heterocycles. The smallest absolute Gasteiger partial charge is 0.263 e. The average Bonchev–Trinajstić information content (AvgIpc) is 2.52. The first-order valence-electron chi connectivity index (χ1n) is 5.66. The van der Waals surface area contributed by atoms with Crippen LogP contribution in [-0.4, -0.2) is 13.4 Å². The number of aromatic nitrogens is 1. The summed E-state index contributed by atoms with van der Waals surface area (Å²) >= 11 is 5.59. The average molecular weight is 337 g/mol. The van der Waals surface area contributed by atoms with E-state index in [1.807, 2.05) is 4.72 Å². The molecule has 0 radical (unpaired) electrons. The van der Waals surface area contributed by atoms with Crippen molar-refractivity contribution in [2.24, 2.45) is 0 Å². The van der Waals surface area contributed by atoms with Crippen LogP contribution in [0.25, 0.3) is 0 Å². The predicted octanol–water partition coefficient (Wildman–Crippen LogP) is 2.42. The topological polar surface area (TPSA) is 107 Å². The van der Waals surface area contributed by atoms with Gasteiger partial charge in [0.1, 0.15) is 28.4 Å². The fraction of sp³-hybridized carbons (Fsp3) is 0. The minimum Gasteiger partial charge on any atom is -0.275 e. The molecule has 0 spiro atoms. The van der Waals surface area contributed by atoms with Crippen LogP contribution in [0.15, 0.2) is 35.4 Å². The summed E-state index contributed by atoms with van der Waals surface area (Å²) in [6.45, 7) is 0. The summed E-state index contributed by atoms with van der Waals surface area (Å²) in [5, 5.41) is 17.2. The van der Waals surface area contributed by atoms with Crippen LogP contribution in [0.4, 0.5) is 10.1 Å². The molecule has 0 amide bonds. The molecule has 0 saturated carbocycles. The normalized spacial score (nSPS) is 10.5. The Morgan fingerprint density at radius 3 is 2.45 bits per heavy atom. The number of benzene rings is 1. The number of pyridine rings is 1. The van der Waals surface area contributed by atoms with Crippen molar-refractivity contribution in [2.45, 2.75) is 4.90 Å². The van der Waals surface area contributed by atoms with Crippen molar-refractivity contribution in [3.05, 3.63) is 52.6 Å². The number of sulfonamides is 1. The fourth-order valence-corrected chi connectivity index (χ4v) is 2.72. The van der Waals surface area contributed by atoms with Gasteiger partial charge >= 0.3 is 0 Å². The molecule has 22 heavy (non-hydrogen) atoms. The number of nitrogens with zero attached hydrogens (tertiary/aromatic N) is 3. The molecule has 0 fully saturated rings. The number of rotatable bonds is 3. The number of hydrogen-bond acceptors (Lipinski definition) is 5. The molecule has 2 aromatic rings. The molecule has 0 aliphatic rings. The summed E-state index contributed by atoms with van der Waals surface area (Å²) in [6, 6.07) is 8.10. The van der Waals surface area contributed by atoms with Crippen molar-refractivity contribution >= 4 is 27.3 Å². The quantitative estimate of drug-likeness (QED) is 0.926. The van der Waals surface area contributed by atoms with Crippen LogP contribution in [-0.2, 0) is 10.0 Å². The highest BCUT2D eigenvalue weighted by Gasteiger charge is 2.21. The van der Waals surface area contributed by atoms with Gasteiger partial charge in [-0.25, -0.2) is 17.8 Å². The highest BCUT2D eigenvalue weighted by Crippen LogP contribution is 2.28. The Balaban J connectivity index is 2.48. The second-order valence-corrected chi connectivity index (χ2v) is 6.08. The zero-order valence-corrected chi connectivity index (χ0v) is 12.3. The third-order valence-corrected chi connectivity index (χ3v) is 4.24. The van der Waals surface area contributed by atoms with Gasteiger partial charge in [0, 0.05) is 6.20 Å².